The number of Topliss-reactive ketones (excluding diaryl/α,β-unsaturated/α-hetero) is 1. The van der Waals surface area contributed by atoms with Gasteiger partial charge in [0, 0.05) is 12.3 Å². The molecule has 0 heterocycles. The number of fused-ring (bicyclic) bond motifs is 3. The van der Waals surface area contributed by atoms with Crippen LogP contribution in [0.15, 0.2) is 35.5 Å². The quantitative estimate of drug-likeness (QED) is 0.113. The number of hydrogen-bond acceptors (Lipinski definition) is 6. The number of ether oxygens (including phenoxy) is 1. The Morgan fingerprint density at radius 3 is 2.31 bits per heavy atom. The van der Waals surface area contributed by atoms with Gasteiger partial charge in [0.25, 0.3) is 0 Å². The lowest BCUT2D eigenvalue weighted by Gasteiger charge is -2.48. The first kappa shape index (κ1) is 33.1. The summed E-state index contributed by atoms with van der Waals surface area (Å²) >= 11 is 0. The highest BCUT2D eigenvalue weighted by molar-refractivity contribution is 5.95. The maximum Gasteiger partial charge on any atom is 0.306 e. The fourth-order valence-corrected chi connectivity index (χ4v) is 8.77. The van der Waals surface area contributed by atoms with Crippen LogP contribution < -0.4 is 0 Å². The largest absolute Gasteiger partial charge is 0.455 e. The second-order valence-corrected chi connectivity index (χ2v) is 14.4. The average Bonchev–Trinajstić information content (AvgIpc) is 3.44. The summed E-state index contributed by atoms with van der Waals surface area (Å²) in [4.78, 5) is 27.4. The third-order valence-corrected chi connectivity index (χ3v) is 11.3. The first-order valence-electron chi connectivity index (χ1n) is 16.8. The predicted molar refractivity (Wildman–Crippen MR) is 165 cm³/mol. The maximum absolute atomic E-state index is 14.4. The Hall–Kier alpha value is -1.76. The number of aliphatic hydroxyl groups excluding tert-OH is 2. The standard InChI is InChI=1S/C36H56O6/c1-6-7-8-9-10-11-12-13-14-15-16-17-18-19-29(38)42-33-24(2)22-35-25(3)20-28-30(34(28,4)5)27(32(35)40)21-26(23-37)31(39)36(33,35)41/h11-12,21-22,25,27-28,30-31,33,37,39,41H,6-10,13-20,23H2,1-5H3/b12-11+/t25-,27+,28-,30+,31-,33+,35+,36-/m1/s1. The summed E-state index contributed by atoms with van der Waals surface area (Å²) in [5, 5.41) is 34.3. The summed E-state index contributed by atoms with van der Waals surface area (Å²) in [6.07, 6.45) is 18.9. The summed E-state index contributed by atoms with van der Waals surface area (Å²) in [5.74, 6) is -0.888. The van der Waals surface area contributed by atoms with E-state index in [2.05, 4.69) is 32.9 Å². The predicted octanol–water partition coefficient (Wildman–Crippen LogP) is 6.62. The summed E-state index contributed by atoms with van der Waals surface area (Å²) in [6.45, 7) is 9.87. The van der Waals surface area contributed by atoms with Gasteiger partial charge >= 0.3 is 5.97 Å². The molecule has 236 valence electrons. The zero-order valence-corrected chi connectivity index (χ0v) is 26.7. The van der Waals surface area contributed by atoms with Crippen molar-refractivity contribution in [2.75, 3.05) is 6.61 Å². The molecule has 4 aliphatic carbocycles. The van der Waals surface area contributed by atoms with Crippen molar-refractivity contribution in [1.82, 2.24) is 0 Å². The summed E-state index contributed by atoms with van der Waals surface area (Å²) in [6, 6.07) is 0. The molecule has 2 fully saturated rings. The van der Waals surface area contributed by atoms with E-state index in [1.807, 2.05) is 6.92 Å². The van der Waals surface area contributed by atoms with Crippen LogP contribution in [0.2, 0.25) is 0 Å². The number of unbranched alkanes of at least 4 members (excludes halogenated alkanes) is 9. The second kappa shape index (κ2) is 13.5. The monoisotopic (exact) mass is 584 g/mol. The van der Waals surface area contributed by atoms with Gasteiger partial charge in [-0.25, -0.2) is 0 Å². The van der Waals surface area contributed by atoms with Crippen molar-refractivity contribution in [2.45, 2.75) is 136 Å². The van der Waals surface area contributed by atoms with E-state index < -0.39 is 41.7 Å². The van der Waals surface area contributed by atoms with Crippen molar-refractivity contribution < 1.29 is 29.6 Å². The van der Waals surface area contributed by atoms with Gasteiger partial charge < -0.3 is 20.1 Å². The lowest BCUT2D eigenvalue weighted by Crippen LogP contribution is -2.65. The van der Waals surface area contributed by atoms with E-state index in [9.17, 15) is 24.9 Å². The molecule has 4 rings (SSSR count). The van der Waals surface area contributed by atoms with Crippen LogP contribution in [-0.4, -0.2) is 51.5 Å². The van der Waals surface area contributed by atoms with Gasteiger partial charge in [0.1, 0.15) is 6.10 Å². The van der Waals surface area contributed by atoms with Crippen molar-refractivity contribution in [3.8, 4) is 0 Å². The number of allylic oxidation sites excluding steroid dienone is 3. The van der Waals surface area contributed by atoms with Gasteiger partial charge in [-0.1, -0.05) is 90.5 Å². The number of aliphatic hydroxyl groups is 3. The van der Waals surface area contributed by atoms with Crippen LogP contribution in [0.25, 0.3) is 0 Å². The van der Waals surface area contributed by atoms with Crippen molar-refractivity contribution in [3.63, 3.8) is 0 Å². The highest BCUT2D eigenvalue weighted by Gasteiger charge is 2.76. The van der Waals surface area contributed by atoms with E-state index in [-0.39, 0.29) is 35.0 Å². The molecule has 0 aromatic heterocycles. The van der Waals surface area contributed by atoms with E-state index >= 15 is 0 Å². The zero-order chi connectivity index (χ0) is 30.7. The number of carbonyl (C=O) groups is 2. The number of esters is 1. The number of carbonyl (C=O) groups excluding carboxylic acids is 2. The molecule has 42 heavy (non-hydrogen) atoms. The summed E-state index contributed by atoms with van der Waals surface area (Å²) in [5.41, 5.74) is -2.63. The van der Waals surface area contributed by atoms with Crippen LogP contribution in [0, 0.1) is 34.5 Å². The molecule has 4 aliphatic rings. The molecule has 0 radical (unpaired) electrons. The molecule has 8 atom stereocenters. The second-order valence-electron chi connectivity index (χ2n) is 14.4. The maximum atomic E-state index is 14.4. The SMILES string of the molecule is CCCCCC/C=C/CCCCCCCC(=O)O[C@H]1C(C)=C[C@]23C(=O)[C@@H](C=C(CO)[C@@H](O)[C@@]12O)[C@H]1[C@@H](C[C@H]3C)C1(C)C. The lowest BCUT2D eigenvalue weighted by atomic mass is 9.59. The number of ketones is 1. The van der Waals surface area contributed by atoms with E-state index in [0.29, 0.717) is 17.9 Å². The molecule has 0 amide bonds. The van der Waals surface area contributed by atoms with Gasteiger partial charge in [0.05, 0.1) is 12.0 Å². The molecule has 1 spiro atoms. The smallest absolute Gasteiger partial charge is 0.306 e. The first-order valence-corrected chi connectivity index (χ1v) is 16.8. The topological polar surface area (TPSA) is 104 Å². The molecular formula is C36H56O6. The Bertz CT molecular complexity index is 1070. The van der Waals surface area contributed by atoms with E-state index in [1.165, 1.54) is 32.1 Å². The van der Waals surface area contributed by atoms with Gasteiger partial charge in [-0.3, -0.25) is 9.59 Å². The van der Waals surface area contributed by atoms with Crippen LogP contribution in [-0.2, 0) is 14.3 Å². The molecule has 3 N–H and O–H groups in total. The molecule has 0 aromatic carbocycles. The van der Waals surface area contributed by atoms with Crippen LogP contribution >= 0.6 is 0 Å². The Labute approximate surface area is 253 Å². The van der Waals surface area contributed by atoms with E-state index in [1.54, 1.807) is 19.1 Å². The molecule has 6 heteroatoms. The number of rotatable bonds is 15. The average molecular weight is 585 g/mol. The minimum absolute atomic E-state index is 0.0194. The van der Waals surface area contributed by atoms with E-state index in [4.69, 9.17) is 4.74 Å². The van der Waals surface area contributed by atoms with Crippen molar-refractivity contribution in [2.24, 2.45) is 34.5 Å². The third kappa shape index (κ3) is 5.85. The van der Waals surface area contributed by atoms with Crippen molar-refractivity contribution in [3.05, 3.63) is 35.5 Å². The Morgan fingerprint density at radius 2 is 1.67 bits per heavy atom. The normalized spacial score (nSPS) is 36.5. The van der Waals surface area contributed by atoms with Gasteiger partial charge in [-0.05, 0) is 79.8 Å². The van der Waals surface area contributed by atoms with Crippen molar-refractivity contribution in [1.29, 1.82) is 0 Å². The molecule has 0 aliphatic heterocycles. The van der Waals surface area contributed by atoms with Crippen LogP contribution in [0.4, 0.5) is 0 Å². The molecular weight excluding hydrogens is 528 g/mol. The Balaban J connectivity index is 1.34. The molecule has 0 unspecified atom stereocenters. The third-order valence-electron chi connectivity index (χ3n) is 11.3. The van der Waals surface area contributed by atoms with Crippen molar-refractivity contribution >= 4 is 11.8 Å². The van der Waals surface area contributed by atoms with Gasteiger partial charge in [0.2, 0.25) is 0 Å². The minimum atomic E-state index is -2.06. The zero-order valence-electron chi connectivity index (χ0n) is 26.7. The molecule has 0 saturated heterocycles. The van der Waals surface area contributed by atoms with Gasteiger partial charge in [0.15, 0.2) is 17.5 Å². The number of hydrogen-bond donors (Lipinski definition) is 3. The van der Waals surface area contributed by atoms with Gasteiger partial charge in [-0.2, -0.15) is 0 Å². The van der Waals surface area contributed by atoms with Crippen LogP contribution in [0.1, 0.15) is 118 Å². The fraction of sp³-hybridized carbons (Fsp3) is 0.778. The molecule has 0 aromatic rings. The molecule has 2 saturated carbocycles. The minimum Gasteiger partial charge on any atom is -0.455 e. The van der Waals surface area contributed by atoms with Crippen LogP contribution in [0.5, 0.6) is 0 Å². The summed E-state index contributed by atoms with van der Waals surface area (Å²) in [7, 11) is 0. The Morgan fingerprint density at radius 1 is 1.05 bits per heavy atom. The van der Waals surface area contributed by atoms with Gasteiger partial charge in [-0.15, -0.1) is 0 Å². The first-order chi connectivity index (χ1) is 20.0. The summed E-state index contributed by atoms with van der Waals surface area (Å²) < 4.78 is 5.94. The Kier molecular flexibility index (Phi) is 10.6. The molecule has 6 nitrogen and oxygen atoms in total. The van der Waals surface area contributed by atoms with Crippen LogP contribution in [0.3, 0.4) is 0 Å². The lowest BCUT2D eigenvalue weighted by molar-refractivity contribution is -0.203. The highest BCUT2D eigenvalue weighted by Crippen LogP contribution is 2.71. The fourth-order valence-electron chi connectivity index (χ4n) is 8.77. The molecule has 2 bridgehead atoms. The highest BCUT2D eigenvalue weighted by atomic mass is 16.6. The van der Waals surface area contributed by atoms with E-state index in [0.717, 1.165) is 38.5 Å².